The number of aryl methyl sites for hydroxylation is 1. The van der Waals surface area contributed by atoms with Gasteiger partial charge in [-0.05, 0) is 33.6 Å². The van der Waals surface area contributed by atoms with Crippen molar-refractivity contribution in [2.75, 3.05) is 18.8 Å². The molecule has 0 spiro atoms. The fraction of sp³-hybridized carbons (Fsp3) is 0.643. The summed E-state index contributed by atoms with van der Waals surface area (Å²) in [6, 6.07) is 1.03. The molecule has 1 aliphatic heterocycles. The molecule has 0 amide bonds. The lowest BCUT2D eigenvalue weighted by molar-refractivity contribution is 0.148. The highest BCUT2D eigenvalue weighted by molar-refractivity contribution is 5.87. The van der Waals surface area contributed by atoms with Crippen LogP contribution in [0.25, 0.3) is 11.0 Å². The van der Waals surface area contributed by atoms with Gasteiger partial charge in [-0.3, -0.25) is 0 Å². The van der Waals surface area contributed by atoms with E-state index in [4.69, 9.17) is 5.73 Å². The second-order valence-electron chi connectivity index (χ2n) is 5.85. The highest BCUT2D eigenvalue weighted by Gasteiger charge is 2.25. The molecule has 3 rings (SSSR count). The van der Waals surface area contributed by atoms with Crippen LogP contribution in [0.2, 0.25) is 0 Å². The number of hydrogen-bond donors (Lipinski definition) is 1. The highest BCUT2D eigenvalue weighted by atomic mass is 15.3. The third-order valence-electron chi connectivity index (χ3n) is 4.27. The lowest BCUT2D eigenvalue weighted by Gasteiger charge is -2.34. The monoisotopic (exact) mass is 274 g/mol. The van der Waals surface area contributed by atoms with Crippen LogP contribution in [0.5, 0.6) is 0 Å². The van der Waals surface area contributed by atoms with Gasteiger partial charge in [-0.1, -0.05) is 0 Å². The van der Waals surface area contributed by atoms with Crippen LogP contribution in [0.4, 0.5) is 5.82 Å². The first-order chi connectivity index (χ1) is 9.58. The summed E-state index contributed by atoms with van der Waals surface area (Å²) < 4.78 is 2.06. The Bertz CT molecular complexity index is 609. The molecule has 3 heterocycles. The number of nitrogen functional groups attached to an aromatic ring is 1. The Hall–Kier alpha value is -1.69. The van der Waals surface area contributed by atoms with Crippen molar-refractivity contribution >= 4 is 16.9 Å². The summed E-state index contributed by atoms with van der Waals surface area (Å²) in [6.45, 7) is 8.71. The molecule has 2 N–H and O–H groups in total. The van der Waals surface area contributed by atoms with Crippen LogP contribution in [-0.2, 0) is 0 Å². The van der Waals surface area contributed by atoms with Crippen molar-refractivity contribution < 1.29 is 0 Å². The normalized spacial score (nSPS) is 18.2. The minimum Gasteiger partial charge on any atom is -0.383 e. The fourth-order valence-electron chi connectivity index (χ4n) is 3.07. The lowest BCUT2D eigenvalue weighted by Crippen LogP contribution is -2.39. The van der Waals surface area contributed by atoms with E-state index in [1.165, 1.54) is 6.33 Å². The number of likely N-dealkylation sites (tertiary alicyclic amines) is 1. The molecule has 108 valence electrons. The number of fused-ring (bicyclic) bond motifs is 1. The van der Waals surface area contributed by atoms with Crippen molar-refractivity contribution in [3.63, 3.8) is 0 Å². The zero-order chi connectivity index (χ0) is 14.3. The summed E-state index contributed by atoms with van der Waals surface area (Å²) in [7, 11) is 0. The molecule has 0 atom stereocenters. The van der Waals surface area contributed by atoms with Gasteiger partial charge in [0.2, 0.25) is 0 Å². The number of nitrogens with zero attached hydrogens (tertiary/aromatic N) is 5. The minimum absolute atomic E-state index is 0.412. The fourth-order valence-corrected chi connectivity index (χ4v) is 3.07. The van der Waals surface area contributed by atoms with Crippen molar-refractivity contribution in [2.45, 2.75) is 45.7 Å². The second-order valence-corrected chi connectivity index (χ2v) is 5.85. The number of rotatable bonds is 2. The maximum absolute atomic E-state index is 5.95. The van der Waals surface area contributed by atoms with Crippen molar-refractivity contribution in [3.8, 4) is 0 Å². The van der Waals surface area contributed by atoms with Crippen molar-refractivity contribution in [1.82, 2.24) is 24.6 Å². The van der Waals surface area contributed by atoms with Crippen LogP contribution in [0.15, 0.2) is 6.33 Å². The molecule has 1 aliphatic rings. The molecule has 0 aliphatic carbocycles. The molecule has 2 aromatic heterocycles. The van der Waals surface area contributed by atoms with Crippen molar-refractivity contribution in [3.05, 3.63) is 12.0 Å². The van der Waals surface area contributed by atoms with Crippen LogP contribution in [-0.4, -0.2) is 43.8 Å². The molecule has 1 saturated heterocycles. The van der Waals surface area contributed by atoms with Crippen molar-refractivity contribution in [2.24, 2.45) is 0 Å². The molecular formula is C14H22N6. The molecule has 0 saturated carbocycles. The SMILES string of the molecule is Cc1nn(C2CCN(C(C)C)CC2)c2ncnc(N)c12. The number of anilines is 1. The Morgan fingerprint density at radius 3 is 2.60 bits per heavy atom. The Balaban J connectivity index is 1.91. The van der Waals surface area contributed by atoms with E-state index in [-0.39, 0.29) is 0 Å². The van der Waals surface area contributed by atoms with E-state index in [2.05, 4.69) is 38.5 Å². The summed E-state index contributed by atoms with van der Waals surface area (Å²) in [5, 5.41) is 5.56. The molecule has 1 fully saturated rings. The van der Waals surface area contributed by atoms with E-state index in [9.17, 15) is 0 Å². The maximum Gasteiger partial charge on any atom is 0.163 e. The number of piperidine rings is 1. The van der Waals surface area contributed by atoms with Gasteiger partial charge in [-0.2, -0.15) is 5.10 Å². The van der Waals surface area contributed by atoms with E-state index in [0.717, 1.165) is 42.7 Å². The third-order valence-corrected chi connectivity index (χ3v) is 4.27. The summed E-state index contributed by atoms with van der Waals surface area (Å²) >= 11 is 0. The molecule has 0 radical (unpaired) electrons. The Kier molecular flexibility index (Phi) is 3.33. The van der Waals surface area contributed by atoms with Gasteiger partial charge in [0.05, 0.1) is 17.1 Å². The molecule has 0 bridgehead atoms. The standard InChI is InChI=1S/C14H22N6/c1-9(2)19-6-4-11(5-7-19)20-14-12(10(3)18-20)13(15)16-8-17-14/h8-9,11H,4-7H2,1-3H3,(H2,15,16,17). The lowest BCUT2D eigenvalue weighted by atomic mass is 10.0. The van der Waals surface area contributed by atoms with Crippen molar-refractivity contribution in [1.29, 1.82) is 0 Å². The van der Waals surface area contributed by atoms with Crippen LogP contribution in [0.1, 0.15) is 38.4 Å². The largest absolute Gasteiger partial charge is 0.383 e. The second kappa shape index (κ2) is 5.01. The van der Waals surface area contributed by atoms with Gasteiger partial charge in [0.25, 0.3) is 0 Å². The summed E-state index contributed by atoms with van der Waals surface area (Å²) in [4.78, 5) is 11.0. The molecule has 6 nitrogen and oxygen atoms in total. The summed E-state index contributed by atoms with van der Waals surface area (Å²) in [6.07, 6.45) is 3.75. The first kappa shape index (κ1) is 13.3. The molecule has 6 heteroatoms. The van der Waals surface area contributed by atoms with Crippen LogP contribution >= 0.6 is 0 Å². The van der Waals surface area contributed by atoms with Crippen LogP contribution < -0.4 is 5.73 Å². The van der Waals surface area contributed by atoms with E-state index in [0.29, 0.717) is 17.9 Å². The number of hydrogen-bond acceptors (Lipinski definition) is 5. The smallest absolute Gasteiger partial charge is 0.163 e. The van der Waals surface area contributed by atoms with Gasteiger partial charge in [0.15, 0.2) is 5.65 Å². The van der Waals surface area contributed by atoms with Gasteiger partial charge in [0.1, 0.15) is 12.1 Å². The zero-order valence-corrected chi connectivity index (χ0v) is 12.4. The minimum atomic E-state index is 0.412. The quantitative estimate of drug-likeness (QED) is 0.903. The van der Waals surface area contributed by atoms with E-state index >= 15 is 0 Å². The van der Waals surface area contributed by atoms with Gasteiger partial charge in [0, 0.05) is 19.1 Å². The number of nitrogens with two attached hydrogens (primary N) is 1. The Labute approximate surface area is 119 Å². The van der Waals surface area contributed by atoms with E-state index < -0.39 is 0 Å². The molecule has 0 unspecified atom stereocenters. The predicted molar refractivity (Wildman–Crippen MR) is 79.5 cm³/mol. The predicted octanol–water partition coefficient (Wildman–Crippen LogP) is 1.76. The maximum atomic E-state index is 5.95. The molecule has 0 aromatic carbocycles. The van der Waals surface area contributed by atoms with E-state index in [1.807, 2.05) is 6.92 Å². The summed E-state index contributed by atoms with van der Waals surface area (Å²) in [5.74, 6) is 0.526. The highest BCUT2D eigenvalue weighted by Crippen LogP contribution is 2.29. The zero-order valence-electron chi connectivity index (χ0n) is 12.4. The molecular weight excluding hydrogens is 252 g/mol. The van der Waals surface area contributed by atoms with Crippen LogP contribution in [0.3, 0.4) is 0 Å². The Morgan fingerprint density at radius 1 is 1.25 bits per heavy atom. The first-order valence-corrected chi connectivity index (χ1v) is 7.27. The first-order valence-electron chi connectivity index (χ1n) is 7.27. The number of aromatic nitrogens is 4. The third kappa shape index (κ3) is 2.14. The van der Waals surface area contributed by atoms with Crippen LogP contribution in [0, 0.1) is 6.92 Å². The molecule has 2 aromatic rings. The summed E-state index contributed by atoms with van der Waals surface area (Å²) in [5.41, 5.74) is 7.74. The van der Waals surface area contributed by atoms with Gasteiger partial charge in [-0.15, -0.1) is 0 Å². The molecule has 20 heavy (non-hydrogen) atoms. The van der Waals surface area contributed by atoms with E-state index in [1.54, 1.807) is 0 Å². The topological polar surface area (TPSA) is 72.9 Å². The Morgan fingerprint density at radius 2 is 1.95 bits per heavy atom. The average molecular weight is 274 g/mol. The van der Waals surface area contributed by atoms with Gasteiger partial charge < -0.3 is 10.6 Å². The van der Waals surface area contributed by atoms with Gasteiger partial charge >= 0.3 is 0 Å². The van der Waals surface area contributed by atoms with Gasteiger partial charge in [-0.25, -0.2) is 14.6 Å². The average Bonchev–Trinajstić information content (AvgIpc) is 2.77.